The van der Waals surface area contributed by atoms with E-state index >= 15 is 0 Å². The van der Waals surface area contributed by atoms with Crippen LogP contribution < -0.4 is 10.6 Å². The van der Waals surface area contributed by atoms with Gasteiger partial charge in [-0.3, -0.25) is 4.79 Å². The van der Waals surface area contributed by atoms with E-state index in [1.807, 2.05) is 12.1 Å². The second kappa shape index (κ2) is 6.22. The van der Waals surface area contributed by atoms with E-state index < -0.39 is 0 Å². The van der Waals surface area contributed by atoms with Gasteiger partial charge in [0.15, 0.2) is 0 Å². The van der Waals surface area contributed by atoms with Crippen LogP contribution in [0.4, 0.5) is 17.1 Å². The Morgan fingerprint density at radius 3 is 2.73 bits per heavy atom. The molecule has 1 aliphatic rings. The minimum atomic E-state index is 0.106. The minimum absolute atomic E-state index is 0.106. The Labute approximate surface area is 131 Å². The standard InChI is InChI=1S/C19H22N2O/c1-13(2)10-14-4-3-5-16(11-14)20-17-7-8-18-15(12-17)6-9-19(22)21-18/h3-5,7-8,11-13,20H,6,9-10H2,1-2H3,(H,21,22). The third kappa shape index (κ3) is 3.48. The third-order valence-electron chi connectivity index (χ3n) is 3.86. The van der Waals surface area contributed by atoms with Crippen LogP contribution in [0.3, 0.4) is 0 Å². The average Bonchev–Trinajstić information content (AvgIpc) is 2.47. The van der Waals surface area contributed by atoms with E-state index in [-0.39, 0.29) is 5.91 Å². The summed E-state index contributed by atoms with van der Waals surface area (Å²) < 4.78 is 0. The lowest BCUT2D eigenvalue weighted by molar-refractivity contribution is -0.116. The number of amides is 1. The number of rotatable bonds is 4. The molecule has 3 nitrogen and oxygen atoms in total. The zero-order valence-electron chi connectivity index (χ0n) is 13.1. The first kappa shape index (κ1) is 14.6. The Kier molecular flexibility index (Phi) is 4.14. The molecule has 0 spiro atoms. The fraction of sp³-hybridized carbons (Fsp3) is 0.316. The fourth-order valence-corrected chi connectivity index (χ4v) is 2.88. The molecule has 0 aliphatic carbocycles. The van der Waals surface area contributed by atoms with E-state index in [0.717, 1.165) is 29.9 Å². The molecule has 0 saturated heterocycles. The monoisotopic (exact) mass is 294 g/mol. The van der Waals surface area contributed by atoms with E-state index in [1.165, 1.54) is 11.1 Å². The molecule has 2 aromatic carbocycles. The summed E-state index contributed by atoms with van der Waals surface area (Å²) in [7, 11) is 0. The summed E-state index contributed by atoms with van der Waals surface area (Å²) >= 11 is 0. The van der Waals surface area contributed by atoms with Crippen molar-refractivity contribution in [2.24, 2.45) is 5.92 Å². The Hall–Kier alpha value is -2.29. The highest BCUT2D eigenvalue weighted by Crippen LogP contribution is 2.27. The zero-order valence-corrected chi connectivity index (χ0v) is 13.1. The molecule has 2 N–H and O–H groups in total. The van der Waals surface area contributed by atoms with E-state index in [9.17, 15) is 4.79 Å². The third-order valence-corrected chi connectivity index (χ3v) is 3.86. The molecule has 1 amide bonds. The molecule has 22 heavy (non-hydrogen) atoms. The average molecular weight is 294 g/mol. The van der Waals surface area contributed by atoms with Crippen LogP contribution in [0.2, 0.25) is 0 Å². The highest BCUT2D eigenvalue weighted by atomic mass is 16.1. The van der Waals surface area contributed by atoms with Crippen molar-refractivity contribution in [3.8, 4) is 0 Å². The van der Waals surface area contributed by atoms with E-state index in [2.05, 4.69) is 54.8 Å². The summed E-state index contributed by atoms with van der Waals surface area (Å²) in [4.78, 5) is 11.4. The number of nitrogens with one attached hydrogen (secondary N) is 2. The predicted octanol–water partition coefficient (Wildman–Crippen LogP) is 4.51. The van der Waals surface area contributed by atoms with Gasteiger partial charge in [0.1, 0.15) is 0 Å². The molecule has 0 fully saturated rings. The Morgan fingerprint density at radius 2 is 1.91 bits per heavy atom. The van der Waals surface area contributed by atoms with Crippen molar-refractivity contribution in [2.45, 2.75) is 33.1 Å². The van der Waals surface area contributed by atoms with Crippen molar-refractivity contribution in [1.29, 1.82) is 0 Å². The van der Waals surface area contributed by atoms with Crippen LogP contribution in [0.15, 0.2) is 42.5 Å². The van der Waals surface area contributed by atoms with Gasteiger partial charge in [-0.1, -0.05) is 26.0 Å². The lowest BCUT2D eigenvalue weighted by atomic mass is 10.0. The number of aryl methyl sites for hydroxylation is 1. The Balaban J connectivity index is 1.77. The number of fused-ring (bicyclic) bond motifs is 1. The van der Waals surface area contributed by atoms with Crippen LogP contribution in [-0.4, -0.2) is 5.91 Å². The number of hydrogen-bond donors (Lipinski definition) is 2. The van der Waals surface area contributed by atoms with Gasteiger partial charge in [-0.15, -0.1) is 0 Å². The second-order valence-electron chi connectivity index (χ2n) is 6.34. The minimum Gasteiger partial charge on any atom is -0.356 e. The van der Waals surface area contributed by atoms with Crippen molar-refractivity contribution in [2.75, 3.05) is 10.6 Å². The molecule has 0 unspecified atom stereocenters. The van der Waals surface area contributed by atoms with Crippen molar-refractivity contribution in [3.05, 3.63) is 53.6 Å². The van der Waals surface area contributed by atoms with Gasteiger partial charge in [-0.2, -0.15) is 0 Å². The van der Waals surface area contributed by atoms with Gasteiger partial charge in [0.2, 0.25) is 5.91 Å². The molecule has 0 saturated carbocycles. The first-order valence-corrected chi connectivity index (χ1v) is 7.89. The summed E-state index contributed by atoms with van der Waals surface area (Å²) in [6, 6.07) is 14.7. The van der Waals surface area contributed by atoms with Crippen molar-refractivity contribution < 1.29 is 4.79 Å². The number of carbonyl (C=O) groups excluding carboxylic acids is 1. The molecule has 2 aromatic rings. The van der Waals surface area contributed by atoms with Gasteiger partial charge in [-0.05, 0) is 60.2 Å². The number of benzene rings is 2. The normalized spacial score (nSPS) is 13.7. The highest BCUT2D eigenvalue weighted by molar-refractivity contribution is 5.94. The summed E-state index contributed by atoms with van der Waals surface area (Å²) in [6.45, 7) is 4.47. The highest BCUT2D eigenvalue weighted by Gasteiger charge is 2.14. The molecule has 0 aromatic heterocycles. The van der Waals surface area contributed by atoms with Gasteiger partial charge >= 0.3 is 0 Å². The van der Waals surface area contributed by atoms with Gasteiger partial charge in [-0.25, -0.2) is 0 Å². The molecule has 1 aliphatic heterocycles. The molecular weight excluding hydrogens is 272 g/mol. The number of carbonyl (C=O) groups is 1. The van der Waals surface area contributed by atoms with Crippen LogP contribution in [0.25, 0.3) is 0 Å². The van der Waals surface area contributed by atoms with Crippen LogP contribution in [0, 0.1) is 5.92 Å². The molecule has 3 rings (SSSR count). The summed E-state index contributed by atoms with van der Waals surface area (Å²) in [5, 5.41) is 6.38. The predicted molar refractivity (Wildman–Crippen MR) is 91.7 cm³/mol. The summed E-state index contributed by atoms with van der Waals surface area (Å²) in [6.07, 6.45) is 2.47. The molecule has 0 bridgehead atoms. The van der Waals surface area contributed by atoms with Gasteiger partial charge in [0.05, 0.1) is 0 Å². The van der Waals surface area contributed by atoms with E-state index in [4.69, 9.17) is 0 Å². The number of anilines is 3. The Bertz CT molecular complexity index is 692. The quantitative estimate of drug-likeness (QED) is 0.871. The maximum atomic E-state index is 11.4. The first-order valence-electron chi connectivity index (χ1n) is 7.89. The second-order valence-corrected chi connectivity index (χ2v) is 6.34. The van der Waals surface area contributed by atoms with Gasteiger partial charge in [0, 0.05) is 23.5 Å². The largest absolute Gasteiger partial charge is 0.356 e. The zero-order chi connectivity index (χ0) is 15.5. The van der Waals surface area contributed by atoms with Crippen LogP contribution in [0.5, 0.6) is 0 Å². The lowest BCUT2D eigenvalue weighted by Crippen LogP contribution is -2.18. The van der Waals surface area contributed by atoms with Crippen molar-refractivity contribution >= 4 is 23.0 Å². The summed E-state index contributed by atoms with van der Waals surface area (Å²) in [5.41, 5.74) is 5.66. The van der Waals surface area contributed by atoms with Crippen LogP contribution >= 0.6 is 0 Å². The maximum Gasteiger partial charge on any atom is 0.224 e. The molecular formula is C19H22N2O. The molecule has 114 valence electrons. The van der Waals surface area contributed by atoms with Crippen molar-refractivity contribution in [3.63, 3.8) is 0 Å². The lowest BCUT2D eigenvalue weighted by Gasteiger charge is -2.18. The van der Waals surface area contributed by atoms with E-state index in [1.54, 1.807) is 0 Å². The summed E-state index contributed by atoms with van der Waals surface area (Å²) in [5.74, 6) is 0.761. The SMILES string of the molecule is CC(C)Cc1cccc(Nc2ccc3c(c2)CCC(=O)N3)c1. The molecule has 0 atom stereocenters. The van der Waals surface area contributed by atoms with Gasteiger partial charge < -0.3 is 10.6 Å². The van der Waals surface area contributed by atoms with Gasteiger partial charge in [0.25, 0.3) is 0 Å². The van der Waals surface area contributed by atoms with Crippen LogP contribution in [-0.2, 0) is 17.6 Å². The Morgan fingerprint density at radius 1 is 1.09 bits per heavy atom. The maximum absolute atomic E-state index is 11.4. The van der Waals surface area contributed by atoms with E-state index in [0.29, 0.717) is 12.3 Å². The first-order chi connectivity index (χ1) is 10.6. The van der Waals surface area contributed by atoms with Crippen LogP contribution in [0.1, 0.15) is 31.4 Å². The topological polar surface area (TPSA) is 41.1 Å². The molecule has 3 heteroatoms. The molecule has 0 radical (unpaired) electrons. The number of hydrogen-bond acceptors (Lipinski definition) is 2. The smallest absolute Gasteiger partial charge is 0.224 e. The fourth-order valence-electron chi connectivity index (χ4n) is 2.88. The van der Waals surface area contributed by atoms with Crippen molar-refractivity contribution in [1.82, 2.24) is 0 Å². The molecule has 1 heterocycles.